The fourth-order valence-electron chi connectivity index (χ4n) is 3.35. The predicted octanol–water partition coefficient (Wildman–Crippen LogP) is 6.19. The van der Waals surface area contributed by atoms with E-state index in [0.29, 0.717) is 0 Å². The number of unbranched alkanes of at least 4 members (excludes halogenated alkanes) is 1. The van der Waals surface area contributed by atoms with Crippen molar-refractivity contribution in [1.82, 2.24) is 9.97 Å². The maximum absolute atomic E-state index is 4.59. The zero-order valence-corrected chi connectivity index (χ0v) is 16.1. The molecule has 2 nitrogen and oxygen atoms in total. The molecule has 0 N–H and O–H groups in total. The summed E-state index contributed by atoms with van der Waals surface area (Å²) in [7, 11) is 0. The Bertz CT molecular complexity index is 894. The van der Waals surface area contributed by atoms with Gasteiger partial charge in [-0.05, 0) is 48.6 Å². The van der Waals surface area contributed by atoms with Crippen molar-refractivity contribution in [3.8, 4) is 0 Å². The molecule has 2 aromatic carbocycles. The smallest absolute Gasteiger partial charge is 0.0481 e. The average molecular weight is 385 g/mol. The molecule has 0 aliphatic carbocycles. The van der Waals surface area contributed by atoms with Crippen molar-refractivity contribution in [3.05, 3.63) is 84.4 Å². The molecule has 4 heteroatoms. The highest BCUT2D eigenvalue weighted by molar-refractivity contribution is 5.86. The second-order valence-corrected chi connectivity index (χ2v) is 6.16. The standard InChI is InChI=1S/C22H20N2.2ClH/c1-3-9-19-17(7-1)13-15-23-21(19)11-5-6-12-22-20-10-4-2-8-18(20)14-16-24-22;;/h1-4,7-10,13-16H,5-6,11-12H2;2*1H. The first-order valence-electron chi connectivity index (χ1n) is 8.57. The van der Waals surface area contributed by atoms with Gasteiger partial charge in [-0.2, -0.15) is 0 Å². The molecule has 2 aromatic heterocycles. The highest BCUT2D eigenvalue weighted by atomic mass is 35.5. The van der Waals surface area contributed by atoms with Crippen LogP contribution in [0, 0.1) is 0 Å². The van der Waals surface area contributed by atoms with Gasteiger partial charge in [0.25, 0.3) is 0 Å². The van der Waals surface area contributed by atoms with Crippen LogP contribution in [0.25, 0.3) is 21.5 Å². The average Bonchev–Trinajstić information content (AvgIpc) is 2.65. The highest BCUT2D eigenvalue weighted by Crippen LogP contribution is 2.20. The molecule has 0 aliphatic rings. The van der Waals surface area contributed by atoms with Gasteiger partial charge >= 0.3 is 0 Å². The van der Waals surface area contributed by atoms with Crippen LogP contribution >= 0.6 is 24.8 Å². The van der Waals surface area contributed by atoms with Gasteiger partial charge in [0.2, 0.25) is 0 Å². The van der Waals surface area contributed by atoms with E-state index in [9.17, 15) is 0 Å². The van der Waals surface area contributed by atoms with Crippen molar-refractivity contribution < 1.29 is 0 Å². The Morgan fingerprint density at radius 3 is 1.42 bits per heavy atom. The first-order chi connectivity index (χ1) is 11.9. The van der Waals surface area contributed by atoms with Gasteiger partial charge in [-0.15, -0.1) is 24.8 Å². The maximum Gasteiger partial charge on any atom is 0.0481 e. The van der Waals surface area contributed by atoms with Gasteiger partial charge in [0.1, 0.15) is 0 Å². The van der Waals surface area contributed by atoms with Crippen LogP contribution in [0.3, 0.4) is 0 Å². The third-order valence-corrected chi connectivity index (χ3v) is 4.59. The molecule has 0 radical (unpaired) electrons. The van der Waals surface area contributed by atoms with Crippen molar-refractivity contribution in [2.24, 2.45) is 0 Å². The summed E-state index contributed by atoms with van der Waals surface area (Å²) < 4.78 is 0. The molecule has 4 rings (SSSR count). The van der Waals surface area contributed by atoms with Crippen molar-refractivity contribution in [2.45, 2.75) is 25.7 Å². The predicted molar refractivity (Wildman–Crippen MR) is 115 cm³/mol. The normalized spacial score (nSPS) is 10.3. The summed E-state index contributed by atoms with van der Waals surface area (Å²) in [6.45, 7) is 0. The molecular weight excluding hydrogens is 363 g/mol. The van der Waals surface area contributed by atoms with Crippen LogP contribution in [0.15, 0.2) is 73.1 Å². The fraction of sp³-hybridized carbons (Fsp3) is 0.182. The number of pyridine rings is 2. The van der Waals surface area contributed by atoms with E-state index in [1.807, 2.05) is 12.4 Å². The summed E-state index contributed by atoms with van der Waals surface area (Å²) in [5.41, 5.74) is 2.41. The lowest BCUT2D eigenvalue weighted by Gasteiger charge is -2.07. The second-order valence-electron chi connectivity index (χ2n) is 6.16. The number of nitrogens with zero attached hydrogens (tertiary/aromatic N) is 2. The van der Waals surface area contributed by atoms with Crippen LogP contribution in [0.1, 0.15) is 24.2 Å². The van der Waals surface area contributed by atoms with E-state index in [2.05, 4.69) is 70.6 Å². The number of fused-ring (bicyclic) bond motifs is 2. The number of halogens is 2. The fourth-order valence-corrected chi connectivity index (χ4v) is 3.35. The first kappa shape index (κ1) is 20.2. The summed E-state index contributed by atoms with van der Waals surface area (Å²) >= 11 is 0. The van der Waals surface area contributed by atoms with Crippen LogP contribution in [-0.4, -0.2) is 9.97 Å². The Morgan fingerprint density at radius 2 is 0.962 bits per heavy atom. The van der Waals surface area contributed by atoms with E-state index in [-0.39, 0.29) is 24.8 Å². The van der Waals surface area contributed by atoms with Gasteiger partial charge < -0.3 is 0 Å². The lowest BCUT2D eigenvalue weighted by molar-refractivity contribution is 0.719. The molecule has 0 unspecified atom stereocenters. The van der Waals surface area contributed by atoms with Crippen LogP contribution in [0.2, 0.25) is 0 Å². The summed E-state index contributed by atoms with van der Waals surface area (Å²) in [5.74, 6) is 0. The van der Waals surface area contributed by atoms with E-state index >= 15 is 0 Å². The van der Waals surface area contributed by atoms with Gasteiger partial charge in [-0.3, -0.25) is 9.97 Å². The summed E-state index contributed by atoms with van der Waals surface area (Å²) in [5, 5.41) is 5.11. The van der Waals surface area contributed by atoms with E-state index in [1.165, 1.54) is 32.9 Å². The molecule has 0 amide bonds. The van der Waals surface area contributed by atoms with Crippen molar-refractivity contribution in [3.63, 3.8) is 0 Å². The van der Waals surface area contributed by atoms with Gasteiger partial charge in [0.05, 0.1) is 0 Å². The molecule has 0 saturated heterocycles. The minimum Gasteiger partial charge on any atom is -0.261 e. The third kappa shape index (κ3) is 4.32. The monoisotopic (exact) mass is 384 g/mol. The zero-order valence-electron chi connectivity index (χ0n) is 14.5. The van der Waals surface area contributed by atoms with Crippen LogP contribution in [0.4, 0.5) is 0 Å². The zero-order chi connectivity index (χ0) is 16.2. The topological polar surface area (TPSA) is 25.8 Å². The number of hydrogen-bond acceptors (Lipinski definition) is 2. The maximum atomic E-state index is 4.59. The number of hydrogen-bond donors (Lipinski definition) is 0. The molecule has 0 saturated carbocycles. The molecule has 0 fully saturated rings. The van der Waals surface area contributed by atoms with Gasteiger partial charge in [-0.1, -0.05) is 48.5 Å². The molecule has 2 heterocycles. The lowest BCUT2D eigenvalue weighted by atomic mass is 10.0. The third-order valence-electron chi connectivity index (χ3n) is 4.59. The van der Waals surface area contributed by atoms with Crippen molar-refractivity contribution in [1.29, 1.82) is 0 Å². The number of benzene rings is 2. The Hall–Kier alpha value is -2.16. The summed E-state index contributed by atoms with van der Waals surface area (Å²) in [4.78, 5) is 9.17. The Morgan fingerprint density at radius 1 is 0.538 bits per heavy atom. The number of aryl methyl sites for hydroxylation is 2. The summed E-state index contributed by atoms with van der Waals surface area (Å²) in [6.07, 6.45) is 8.14. The van der Waals surface area contributed by atoms with E-state index in [4.69, 9.17) is 0 Å². The Labute approximate surface area is 166 Å². The number of rotatable bonds is 5. The first-order valence-corrected chi connectivity index (χ1v) is 8.57. The molecule has 0 aliphatic heterocycles. The molecular formula is C22H22Cl2N2. The molecule has 0 bridgehead atoms. The Kier molecular flexibility index (Phi) is 7.38. The highest BCUT2D eigenvalue weighted by Gasteiger charge is 2.04. The molecule has 0 spiro atoms. The van der Waals surface area contributed by atoms with E-state index in [0.717, 1.165) is 25.7 Å². The van der Waals surface area contributed by atoms with E-state index < -0.39 is 0 Å². The van der Waals surface area contributed by atoms with Crippen molar-refractivity contribution in [2.75, 3.05) is 0 Å². The van der Waals surface area contributed by atoms with Gasteiger partial charge in [-0.25, -0.2) is 0 Å². The van der Waals surface area contributed by atoms with Crippen LogP contribution < -0.4 is 0 Å². The SMILES string of the molecule is Cl.Cl.c1ccc2c(CCCCc3nccc4ccccc34)nccc2c1. The number of aromatic nitrogens is 2. The van der Waals surface area contributed by atoms with E-state index in [1.54, 1.807) is 0 Å². The summed E-state index contributed by atoms with van der Waals surface area (Å²) in [6, 6.07) is 21.2. The quantitative estimate of drug-likeness (QED) is 0.383. The van der Waals surface area contributed by atoms with Crippen molar-refractivity contribution >= 4 is 46.4 Å². The van der Waals surface area contributed by atoms with Crippen LogP contribution in [-0.2, 0) is 12.8 Å². The van der Waals surface area contributed by atoms with Crippen LogP contribution in [0.5, 0.6) is 0 Å². The van der Waals surface area contributed by atoms with Gasteiger partial charge in [0, 0.05) is 34.6 Å². The largest absolute Gasteiger partial charge is 0.261 e. The Balaban J connectivity index is 0.00000121. The molecule has 4 aromatic rings. The van der Waals surface area contributed by atoms with Gasteiger partial charge in [0.15, 0.2) is 0 Å². The molecule has 26 heavy (non-hydrogen) atoms. The molecule has 134 valence electrons. The minimum atomic E-state index is 0. The minimum absolute atomic E-state index is 0. The lowest BCUT2D eigenvalue weighted by Crippen LogP contribution is -1.95. The molecule has 0 atom stereocenters. The second kappa shape index (κ2) is 9.51.